The summed E-state index contributed by atoms with van der Waals surface area (Å²) in [7, 11) is 2.22. The predicted molar refractivity (Wildman–Crippen MR) is 239 cm³/mol. The summed E-state index contributed by atoms with van der Waals surface area (Å²) in [5, 5.41) is 7.59. The van der Waals surface area contributed by atoms with Crippen molar-refractivity contribution in [3.63, 3.8) is 0 Å². The van der Waals surface area contributed by atoms with Gasteiger partial charge in [0.15, 0.2) is 0 Å². The molecule has 0 fully saturated rings. The molecule has 0 amide bonds. The SMILES string of the molecule is CN1c2ccccc2C(C)(C)c2ccc(-c3c4ccccc4c(-c4ccc5c(c4)-c4ccccc4C5(C)C)c4cc(-c5ccc6ccccc6c5)ccc34)cc21. The number of hydrogen-bond donors (Lipinski definition) is 0. The summed E-state index contributed by atoms with van der Waals surface area (Å²) < 4.78 is 0. The van der Waals surface area contributed by atoms with Crippen LogP contribution in [0.3, 0.4) is 0 Å². The highest BCUT2D eigenvalue weighted by molar-refractivity contribution is 6.22. The summed E-state index contributed by atoms with van der Waals surface area (Å²) in [6, 6.07) is 64.1. The average Bonchev–Trinajstić information content (AvgIpc) is 3.46. The second-order valence-electron chi connectivity index (χ2n) is 17.0. The van der Waals surface area contributed by atoms with Gasteiger partial charge in [-0.25, -0.2) is 0 Å². The Labute approximate surface area is 329 Å². The summed E-state index contributed by atoms with van der Waals surface area (Å²) in [6.07, 6.45) is 0. The van der Waals surface area contributed by atoms with Crippen LogP contribution in [-0.4, -0.2) is 7.05 Å². The molecule has 1 aliphatic heterocycles. The van der Waals surface area contributed by atoms with Crippen LogP contribution in [0.15, 0.2) is 170 Å². The van der Waals surface area contributed by atoms with Gasteiger partial charge in [-0.15, -0.1) is 0 Å². The third-order valence-electron chi connectivity index (χ3n) is 13.2. The van der Waals surface area contributed by atoms with Crippen LogP contribution in [0, 0.1) is 0 Å². The Kier molecular flexibility index (Phi) is 6.93. The quantitative estimate of drug-likeness (QED) is 0.165. The number of para-hydroxylation sites is 1. The van der Waals surface area contributed by atoms with E-state index in [4.69, 9.17) is 0 Å². The van der Waals surface area contributed by atoms with Crippen LogP contribution < -0.4 is 4.90 Å². The van der Waals surface area contributed by atoms with E-state index in [0.29, 0.717) is 0 Å². The highest BCUT2D eigenvalue weighted by atomic mass is 15.1. The fourth-order valence-corrected chi connectivity index (χ4v) is 10.3. The molecule has 1 aliphatic carbocycles. The Morgan fingerprint density at radius 3 is 1.66 bits per heavy atom. The molecule has 0 bridgehead atoms. The second-order valence-corrected chi connectivity index (χ2v) is 17.0. The second kappa shape index (κ2) is 11.8. The summed E-state index contributed by atoms with van der Waals surface area (Å²) in [5.41, 5.74) is 18.1. The van der Waals surface area contributed by atoms with Gasteiger partial charge in [0.25, 0.3) is 0 Å². The molecule has 2 aliphatic rings. The number of anilines is 2. The lowest BCUT2D eigenvalue weighted by Crippen LogP contribution is -2.30. The summed E-state index contributed by atoms with van der Waals surface area (Å²) in [5.74, 6) is 0. The normalized spacial score (nSPS) is 14.8. The van der Waals surface area contributed by atoms with Crippen LogP contribution in [0.1, 0.15) is 49.9 Å². The van der Waals surface area contributed by atoms with E-state index in [1.165, 1.54) is 110 Å². The Morgan fingerprint density at radius 1 is 0.339 bits per heavy atom. The molecule has 56 heavy (non-hydrogen) atoms. The molecule has 0 N–H and O–H groups in total. The van der Waals surface area contributed by atoms with Gasteiger partial charge in [0.05, 0.1) is 0 Å². The molecule has 0 saturated carbocycles. The lowest BCUT2D eigenvalue weighted by atomic mass is 9.73. The van der Waals surface area contributed by atoms with E-state index >= 15 is 0 Å². The van der Waals surface area contributed by atoms with Gasteiger partial charge in [0.1, 0.15) is 0 Å². The maximum atomic E-state index is 2.47. The zero-order valence-corrected chi connectivity index (χ0v) is 32.6. The zero-order valence-electron chi connectivity index (χ0n) is 32.6. The van der Waals surface area contributed by atoms with Crippen molar-refractivity contribution in [1.29, 1.82) is 0 Å². The molecule has 0 aromatic heterocycles. The van der Waals surface area contributed by atoms with Crippen LogP contribution >= 0.6 is 0 Å². The molecule has 1 heteroatoms. The van der Waals surface area contributed by atoms with Crippen molar-refractivity contribution in [2.24, 2.45) is 0 Å². The molecule has 11 rings (SSSR count). The minimum atomic E-state index is -0.111. The highest BCUT2D eigenvalue weighted by Crippen LogP contribution is 2.53. The summed E-state index contributed by atoms with van der Waals surface area (Å²) in [4.78, 5) is 2.39. The maximum Gasteiger partial charge on any atom is 0.0455 e. The van der Waals surface area contributed by atoms with Crippen molar-refractivity contribution in [2.75, 3.05) is 11.9 Å². The molecule has 9 aromatic rings. The smallest absolute Gasteiger partial charge is 0.0455 e. The van der Waals surface area contributed by atoms with E-state index in [0.717, 1.165) is 0 Å². The van der Waals surface area contributed by atoms with Gasteiger partial charge in [-0.1, -0.05) is 167 Å². The molecule has 9 aromatic carbocycles. The fraction of sp³-hybridized carbons (Fsp3) is 0.127. The highest BCUT2D eigenvalue weighted by Gasteiger charge is 2.37. The first-order valence-electron chi connectivity index (χ1n) is 19.9. The van der Waals surface area contributed by atoms with Crippen LogP contribution in [-0.2, 0) is 10.8 Å². The first-order chi connectivity index (χ1) is 27.2. The average molecular weight is 718 g/mol. The molecule has 0 saturated heterocycles. The Balaban J connectivity index is 1.20. The molecular formula is C55H43N. The molecule has 0 atom stereocenters. The van der Waals surface area contributed by atoms with Gasteiger partial charge >= 0.3 is 0 Å². The van der Waals surface area contributed by atoms with E-state index in [-0.39, 0.29) is 10.8 Å². The van der Waals surface area contributed by atoms with Crippen molar-refractivity contribution >= 4 is 43.7 Å². The molecule has 0 unspecified atom stereocenters. The lowest BCUT2D eigenvalue weighted by molar-refractivity contribution is 0.629. The number of nitrogens with zero attached hydrogens (tertiary/aromatic N) is 1. The number of benzene rings is 9. The van der Waals surface area contributed by atoms with Crippen LogP contribution in [0.5, 0.6) is 0 Å². The van der Waals surface area contributed by atoms with Gasteiger partial charge in [-0.3, -0.25) is 0 Å². The summed E-state index contributed by atoms with van der Waals surface area (Å²) in [6.45, 7) is 9.45. The number of rotatable bonds is 3. The zero-order chi connectivity index (χ0) is 37.9. The third kappa shape index (κ3) is 4.61. The van der Waals surface area contributed by atoms with E-state index < -0.39 is 0 Å². The minimum absolute atomic E-state index is 0.0452. The Hall–Kier alpha value is -6.44. The molecule has 1 nitrogen and oxygen atoms in total. The van der Waals surface area contributed by atoms with Crippen LogP contribution in [0.2, 0.25) is 0 Å². The van der Waals surface area contributed by atoms with Gasteiger partial charge in [-0.05, 0) is 129 Å². The molecule has 268 valence electrons. The van der Waals surface area contributed by atoms with Crippen molar-refractivity contribution in [2.45, 2.75) is 38.5 Å². The Bertz CT molecular complexity index is 3100. The largest absolute Gasteiger partial charge is 0.344 e. The van der Waals surface area contributed by atoms with Crippen molar-refractivity contribution in [3.8, 4) is 44.5 Å². The minimum Gasteiger partial charge on any atom is -0.344 e. The van der Waals surface area contributed by atoms with Crippen LogP contribution in [0.25, 0.3) is 76.8 Å². The van der Waals surface area contributed by atoms with Gasteiger partial charge in [0.2, 0.25) is 0 Å². The lowest BCUT2D eigenvalue weighted by Gasteiger charge is -2.40. The van der Waals surface area contributed by atoms with E-state index in [1.807, 2.05) is 0 Å². The standard InChI is InChI=1S/C55H43N/c1-54(2)46-19-11-10-16-40(46)44-32-38(25-28-47(44)54)53-42-18-9-8-17-41(42)52(39-26-29-49-51(33-39)56(5)50-21-13-12-20-48(50)55(49,3)4)43-27-24-37(31-45(43)53)36-23-22-34-14-6-7-15-35(34)30-36/h6-33H,1-5H3. The Morgan fingerprint density at radius 2 is 0.857 bits per heavy atom. The van der Waals surface area contributed by atoms with Crippen LogP contribution in [0.4, 0.5) is 11.4 Å². The summed E-state index contributed by atoms with van der Waals surface area (Å²) >= 11 is 0. The number of fused-ring (bicyclic) bond motifs is 8. The van der Waals surface area contributed by atoms with Crippen molar-refractivity contribution in [1.82, 2.24) is 0 Å². The molecule has 1 heterocycles. The first-order valence-corrected chi connectivity index (χ1v) is 19.9. The third-order valence-corrected chi connectivity index (χ3v) is 13.2. The van der Waals surface area contributed by atoms with E-state index in [9.17, 15) is 0 Å². The van der Waals surface area contributed by atoms with Gasteiger partial charge in [0, 0.05) is 29.3 Å². The van der Waals surface area contributed by atoms with Gasteiger partial charge < -0.3 is 4.90 Å². The van der Waals surface area contributed by atoms with Crippen molar-refractivity contribution < 1.29 is 0 Å². The monoisotopic (exact) mass is 717 g/mol. The van der Waals surface area contributed by atoms with Crippen molar-refractivity contribution in [3.05, 3.63) is 192 Å². The predicted octanol–water partition coefficient (Wildman–Crippen LogP) is 14.9. The van der Waals surface area contributed by atoms with E-state index in [2.05, 4.69) is 210 Å². The molecule has 0 radical (unpaired) electrons. The van der Waals surface area contributed by atoms with E-state index in [1.54, 1.807) is 0 Å². The molecular weight excluding hydrogens is 675 g/mol. The van der Waals surface area contributed by atoms with Gasteiger partial charge in [-0.2, -0.15) is 0 Å². The topological polar surface area (TPSA) is 3.24 Å². The first kappa shape index (κ1) is 32.9. The number of hydrogen-bond acceptors (Lipinski definition) is 1. The molecule has 0 spiro atoms. The fourth-order valence-electron chi connectivity index (χ4n) is 10.3. The maximum absolute atomic E-state index is 2.47.